The number of carboxylic acid groups (broad SMARTS) is 1. The summed E-state index contributed by atoms with van der Waals surface area (Å²) in [4.78, 5) is 34.8. The molecule has 0 radical (unpaired) electrons. The van der Waals surface area contributed by atoms with Crippen LogP contribution in [0, 0.1) is 5.82 Å². The molecule has 0 aliphatic rings. The molecule has 0 fully saturated rings. The van der Waals surface area contributed by atoms with E-state index < -0.39 is 23.7 Å². The molecule has 0 aliphatic carbocycles. The van der Waals surface area contributed by atoms with E-state index in [2.05, 4.69) is 10.6 Å². The number of methoxy groups -OCH3 is 1. The summed E-state index contributed by atoms with van der Waals surface area (Å²) in [5.74, 6) is -2.32. The summed E-state index contributed by atoms with van der Waals surface area (Å²) >= 11 is 0. The topological polar surface area (TPSA) is 105 Å². The van der Waals surface area contributed by atoms with Gasteiger partial charge in [0.25, 0.3) is 5.91 Å². The van der Waals surface area contributed by atoms with E-state index in [4.69, 9.17) is 9.84 Å². The second kappa shape index (κ2) is 9.50. The minimum absolute atomic E-state index is 0.0719. The van der Waals surface area contributed by atoms with Crippen LogP contribution in [0.1, 0.15) is 29.3 Å². The molecule has 0 saturated carbocycles. The van der Waals surface area contributed by atoms with Gasteiger partial charge in [-0.2, -0.15) is 0 Å². The van der Waals surface area contributed by atoms with Gasteiger partial charge in [0.05, 0.1) is 7.11 Å². The molecule has 0 heterocycles. The van der Waals surface area contributed by atoms with Crippen LogP contribution in [0.2, 0.25) is 0 Å². The monoisotopic (exact) mass is 388 g/mol. The zero-order valence-electron chi connectivity index (χ0n) is 15.5. The molecule has 3 N–H and O–H groups in total. The molecule has 2 aromatic rings. The Labute approximate surface area is 161 Å². The molecule has 1 atom stereocenters. The van der Waals surface area contributed by atoms with E-state index >= 15 is 0 Å². The molecule has 0 saturated heterocycles. The number of hydrogen-bond donors (Lipinski definition) is 3. The lowest BCUT2D eigenvalue weighted by molar-refractivity contribution is -0.138. The average molecular weight is 388 g/mol. The number of halogens is 1. The highest BCUT2D eigenvalue weighted by Gasteiger charge is 2.15. The summed E-state index contributed by atoms with van der Waals surface area (Å²) in [6.45, 7) is 1.36. The predicted octanol–water partition coefficient (Wildman–Crippen LogP) is 2.61. The van der Waals surface area contributed by atoms with Crippen molar-refractivity contribution in [3.8, 4) is 5.75 Å². The first-order chi connectivity index (χ1) is 13.3. The second-order valence-corrected chi connectivity index (χ2v) is 6.09. The maximum Gasteiger partial charge on any atom is 0.325 e. The Morgan fingerprint density at radius 3 is 2.43 bits per heavy atom. The summed E-state index contributed by atoms with van der Waals surface area (Å²) in [6, 6.07) is 9.76. The average Bonchev–Trinajstić information content (AvgIpc) is 2.67. The maximum absolute atomic E-state index is 14.1. The summed E-state index contributed by atoms with van der Waals surface area (Å²) < 4.78 is 19.0. The molecule has 28 heavy (non-hydrogen) atoms. The van der Waals surface area contributed by atoms with E-state index in [9.17, 15) is 18.8 Å². The second-order valence-electron chi connectivity index (χ2n) is 6.09. The lowest BCUT2D eigenvalue weighted by atomic mass is 10.1. The third kappa shape index (κ3) is 5.54. The van der Waals surface area contributed by atoms with Gasteiger partial charge in [0.15, 0.2) is 11.6 Å². The summed E-state index contributed by atoms with van der Waals surface area (Å²) in [5.41, 5.74) is 1.12. The largest absolute Gasteiger partial charge is 0.494 e. The van der Waals surface area contributed by atoms with E-state index in [1.165, 1.54) is 44.4 Å². The van der Waals surface area contributed by atoms with E-state index in [1.807, 2.05) is 0 Å². The minimum Gasteiger partial charge on any atom is -0.494 e. The molecular weight excluding hydrogens is 367 g/mol. The highest BCUT2D eigenvalue weighted by Crippen LogP contribution is 2.21. The van der Waals surface area contributed by atoms with Gasteiger partial charge in [-0.3, -0.25) is 14.4 Å². The predicted molar refractivity (Wildman–Crippen MR) is 101 cm³/mol. The third-order valence-corrected chi connectivity index (χ3v) is 4.03. The number of nitrogens with one attached hydrogen (secondary N) is 2. The van der Waals surface area contributed by atoms with Gasteiger partial charge in [0.2, 0.25) is 5.91 Å². The van der Waals surface area contributed by atoms with Crippen LogP contribution >= 0.6 is 0 Å². The number of benzene rings is 2. The molecular formula is C20H21FN2O5. The molecule has 7 nitrogen and oxygen atoms in total. The number of anilines is 1. The Hall–Kier alpha value is -3.42. The zero-order chi connectivity index (χ0) is 20.7. The number of carbonyl (C=O) groups is 3. The summed E-state index contributed by atoms with van der Waals surface area (Å²) in [5, 5.41) is 13.8. The molecule has 1 unspecified atom stereocenters. The van der Waals surface area contributed by atoms with Gasteiger partial charge in [-0.15, -0.1) is 0 Å². The van der Waals surface area contributed by atoms with Crippen LogP contribution in [-0.4, -0.2) is 36.0 Å². The van der Waals surface area contributed by atoms with Gasteiger partial charge in [0, 0.05) is 17.7 Å². The first-order valence-electron chi connectivity index (χ1n) is 8.56. The van der Waals surface area contributed by atoms with Crippen molar-refractivity contribution >= 4 is 23.5 Å². The fourth-order valence-electron chi connectivity index (χ4n) is 2.43. The molecule has 0 aromatic heterocycles. The third-order valence-electron chi connectivity index (χ3n) is 4.03. The van der Waals surface area contributed by atoms with Crippen LogP contribution in [-0.2, 0) is 16.0 Å². The Kier molecular flexibility index (Phi) is 7.08. The van der Waals surface area contributed by atoms with Gasteiger partial charge in [-0.1, -0.05) is 12.1 Å². The number of hydrogen-bond acceptors (Lipinski definition) is 4. The molecule has 8 heteroatoms. The Bertz CT molecular complexity index is 867. The van der Waals surface area contributed by atoms with Crippen molar-refractivity contribution in [3.05, 3.63) is 59.4 Å². The standard InChI is InChI=1S/C20H21FN2O5/c1-12(20(26)27)22-19(25)14-6-9-15(10-7-14)23-17(24)11-8-13-4-3-5-16(28-2)18(13)21/h3-7,9-10,12H,8,11H2,1-2H3,(H,22,25)(H,23,24)(H,26,27). The van der Waals surface area contributed by atoms with E-state index in [-0.39, 0.29) is 30.1 Å². The minimum atomic E-state index is -1.13. The van der Waals surface area contributed by atoms with Crippen molar-refractivity contribution in [1.29, 1.82) is 0 Å². The number of carbonyl (C=O) groups excluding carboxylic acids is 2. The highest BCUT2D eigenvalue weighted by atomic mass is 19.1. The summed E-state index contributed by atoms with van der Waals surface area (Å²) in [7, 11) is 1.38. The molecule has 2 aromatic carbocycles. The van der Waals surface area contributed by atoms with Crippen molar-refractivity contribution < 1.29 is 28.6 Å². The quantitative estimate of drug-likeness (QED) is 0.645. The van der Waals surface area contributed by atoms with Crippen LogP contribution in [0.25, 0.3) is 0 Å². The van der Waals surface area contributed by atoms with Gasteiger partial charge in [0.1, 0.15) is 6.04 Å². The van der Waals surface area contributed by atoms with E-state index in [0.717, 1.165) is 0 Å². The Morgan fingerprint density at radius 1 is 1.14 bits per heavy atom. The van der Waals surface area contributed by atoms with Crippen LogP contribution in [0.5, 0.6) is 5.75 Å². The number of amides is 2. The zero-order valence-corrected chi connectivity index (χ0v) is 15.5. The van der Waals surface area contributed by atoms with Crippen LogP contribution < -0.4 is 15.4 Å². The van der Waals surface area contributed by atoms with Gasteiger partial charge >= 0.3 is 5.97 Å². The van der Waals surface area contributed by atoms with Gasteiger partial charge in [-0.25, -0.2) is 4.39 Å². The molecule has 0 aliphatic heterocycles. The number of aryl methyl sites for hydroxylation is 1. The SMILES string of the molecule is COc1cccc(CCC(=O)Nc2ccc(C(=O)NC(C)C(=O)O)cc2)c1F. The first kappa shape index (κ1) is 20.9. The van der Waals surface area contributed by atoms with Crippen LogP contribution in [0.3, 0.4) is 0 Å². The normalized spacial score (nSPS) is 11.4. The summed E-state index contributed by atoms with van der Waals surface area (Å²) in [6.07, 6.45) is 0.283. The van der Waals surface area contributed by atoms with Crippen LogP contribution in [0.15, 0.2) is 42.5 Å². The van der Waals surface area contributed by atoms with Gasteiger partial charge < -0.3 is 20.5 Å². The number of ether oxygens (including phenoxy) is 1. The van der Waals surface area contributed by atoms with E-state index in [1.54, 1.807) is 12.1 Å². The lowest BCUT2D eigenvalue weighted by Gasteiger charge is -2.10. The fraction of sp³-hybridized carbons (Fsp3) is 0.250. The highest BCUT2D eigenvalue weighted by molar-refractivity contribution is 5.97. The van der Waals surface area contributed by atoms with Crippen molar-refractivity contribution in [3.63, 3.8) is 0 Å². The van der Waals surface area contributed by atoms with Crippen LogP contribution in [0.4, 0.5) is 10.1 Å². The molecule has 148 valence electrons. The van der Waals surface area contributed by atoms with Crippen molar-refractivity contribution in [1.82, 2.24) is 5.32 Å². The lowest BCUT2D eigenvalue weighted by Crippen LogP contribution is -2.38. The Balaban J connectivity index is 1.91. The van der Waals surface area contributed by atoms with Crippen molar-refractivity contribution in [2.75, 3.05) is 12.4 Å². The van der Waals surface area contributed by atoms with Crippen molar-refractivity contribution in [2.45, 2.75) is 25.8 Å². The van der Waals surface area contributed by atoms with E-state index in [0.29, 0.717) is 11.3 Å². The number of aliphatic carboxylic acids is 1. The molecule has 0 bridgehead atoms. The molecule has 2 rings (SSSR count). The molecule has 2 amide bonds. The molecule has 0 spiro atoms. The van der Waals surface area contributed by atoms with Gasteiger partial charge in [-0.05, 0) is 49.2 Å². The number of carboxylic acids is 1. The fourth-order valence-corrected chi connectivity index (χ4v) is 2.43. The smallest absolute Gasteiger partial charge is 0.325 e. The Morgan fingerprint density at radius 2 is 1.82 bits per heavy atom. The van der Waals surface area contributed by atoms with Crippen molar-refractivity contribution in [2.24, 2.45) is 0 Å². The maximum atomic E-state index is 14.1. The first-order valence-corrected chi connectivity index (χ1v) is 8.56. The number of rotatable bonds is 8.